The zero-order chi connectivity index (χ0) is 20.3. The van der Waals surface area contributed by atoms with Crippen LogP contribution in [0.3, 0.4) is 0 Å². The van der Waals surface area contributed by atoms with Gasteiger partial charge >= 0.3 is 0 Å². The molecule has 0 N–H and O–H groups in total. The summed E-state index contributed by atoms with van der Waals surface area (Å²) in [7, 11) is 3.07. The van der Waals surface area contributed by atoms with Gasteiger partial charge in [0.25, 0.3) is 11.5 Å². The van der Waals surface area contributed by atoms with Crippen LogP contribution in [0.4, 0.5) is 5.69 Å². The second kappa shape index (κ2) is 8.46. The molecule has 3 aromatic rings. The summed E-state index contributed by atoms with van der Waals surface area (Å²) in [4.78, 5) is 28.1. The number of hydrogen-bond acceptors (Lipinski definition) is 4. The molecule has 0 aliphatic heterocycles. The SMILES string of the molecule is CCN(C(=O)c1c(OCOC)c2c(Cl)cccc2n(C)c1=O)c1ccccc1. The number of methoxy groups -OCH3 is 1. The zero-order valence-corrected chi connectivity index (χ0v) is 16.7. The van der Waals surface area contributed by atoms with E-state index in [1.54, 1.807) is 25.2 Å². The molecule has 0 bridgehead atoms. The topological polar surface area (TPSA) is 60.8 Å². The number of hydrogen-bond donors (Lipinski definition) is 0. The molecule has 0 saturated carbocycles. The van der Waals surface area contributed by atoms with Gasteiger partial charge in [0.05, 0.1) is 15.9 Å². The number of benzene rings is 2. The highest BCUT2D eigenvalue weighted by Crippen LogP contribution is 2.34. The molecule has 28 heavy (non-hydrogen) atoms. The summed E-state index contributed by atoms with van der Waals surface area (Å²) in [6, 6.07) is 14.4. The van der Waals surface area contributed by atoms with Crippen LogP contribution in [0.25, 0.3) is 10.9 Å². The molecule has 0 unspecified atom stereocenters. The van der Waals surface area contributed by atoms with Crippen molar-refractivity contribution in [2.45, 2.75) is 6.92 Å². The molecule has 2 aromatic carbocycles. The van der Waals surface area contributed by atoms with Crippen LogP contribution in [0.15, 0.2) is 53.3 Å². The molecule has 0 spiro atoms. The Balaban J connectivity index is 2.30. The normalized spacial score (nSPS) is 10.9. The van der Waals surface area contributed by atoms with Gasteiger partial charge < -0.3 is 18.9 Å². The number of pyridine rings is 1. The lowest BCUT2D eigenvalue weighted by molar-refractivity contribution is 0.0511. The summed E-state index contributed by atoms with van der Waals surface area (Å²) in [5, 5.41) is 0.881. The van der Waals surface area contributed by atoms with Crippen molar-refractivity contribution in [1.82, 2.24) is 4.57 Å². The van der Waals surface area contributed by atoms with Crippen molar-refractivity contribution in [2.24, 2.45) is 7.05 Å². The van der Waals surface area contributed by atoms with E-state index in [4.69, 9.17) is 21.1 Å². The van der Waals surface area contributed by atoms with E-state index in [2.05, 4.69) is 0 Å². The van der Waals surface area contributed by atoms with E-state index in [-0.39, 0.29) is 18.1 Å². The van der Waals surface area contributed by atoms with Crippen LogP contribution in [0.1, 0.15) is 17.3 Å². The van der Waals surface area contributed by atoms with Crippen molar-refractivity contribution in [2.75, 3.05) is 25.3 Å². The average molecular weight is 401 g/mol. The first-order chi connectivity index (χ1) is 13.5. The number of halogens is 1. The van der Waals surface area contributed by atoms with Gasteiger partial charge in [0.1, 0.15) is 5.56 Å². The summed E-state index contributed by atoms with van der Waals surface area (Å²) in [5.74, 6) is -0.327. The molecular weight excluding hydrogens is 380 g/mol. The second-order valence-corrected chi connectivity index (χ2v) is 6.55. The highest BCUT2D eigenvalue weighted by Gasteiger charge is 2.28. The summed E-state index contributed by atoms with van der Waals surface area (Å²) in [6.07, 6.45) is 0. The van der Waals surface area contributed by atoms with E-state index in [1.165, 1.54) is 16.6 Å². The van der Waals surface area contributed by atoms with E-state index in [0.717, 1.165) is 0 Å². The minimum Gasteiger partial charge on any atom is -0.466 e. The van der Waals surface area contributed by atoms with Gasteiger partial charge in [-0.1, -0.05) is 35.9 Å². The van der Waals surface area contributed by atoms with Crippen LogP contribution < -0.4 is 15.2 Å². The maximum atomic E-state index is 13.4. The summed E-state index contributed by atoms with van der Waals surface area (Å²) in [6.45, 7) is 2.11. The fourth-order valence-electron chi connectivity index (χ4n) is 3.15. The zero-order valence-electron chi connectivity index (χ0n) is 15.9. The van der Waals surface area contributed by atoms with Crippen LogP contribution in [-0.2, 0) is 11.8 Å². The first kappa shape index (κ1) is 19.9. The molecule has 0 saturated heterocycles. The lowest BCUT2D eigenvalue weighted by Crippen LogP contribution is -2.37. The van der Waals surface area contributed by atoms with E-state index < -0.39 is 11.5 Å². The number of carbonyl (C=O) groups excluding carboxylic acids is 1. The number of para-hydroxylation sites is 1. The quantitative estimate of drug-likeness (QED) is 0.590. The number of fused-ring (bicyclic) bond motifs is 1. The van der Waals surface area contributed by atoms with E-state index >= 15 is 0 Å². The fourth-order valence-corrected chi connectivity index (χ4v) is 3.41. The van der Waals surface area contributed by atoms with Gasteiger partial charge in [-0.25, -0.2) is 0 Å². The molecule has 0 radical (unpaired) electrons. The first-order valence-corrected chi connectivity index (χ1v) is 9.18. The molecule has 1 heterocycles. The van der Waals surface area contributed by atoms with Gasteiger partial charge in [0.2, 0.25) is 0 Å². The van der Waals surface area contributed by atoms with E-state index in [1.807, 2.05) is 37.3 Å². The van der Waals surface area contributed by atoms with Crippen LogP contribution in [-0.4, -0.2) is 30.9 Å². The minimum atomic E-state index is -0.458. The Hall–Kier alpha value is -2.83. The summed E-state index contributed by atoms with van der Waals surface area (Å²) in [5.41, 5.74) is 0.725. The number of amides is 1. The number of aromatic nitrogens is 1. The third-order valence-electron chi connectivity index (χ3n) is 4.49. The Bertz CT molecular complexity index is 1060. The summed E-state index contributed by atoms with van der Waals surface area (Å²) < 4.78 is 12.1. The van der Waals surface area contributed by atoms with Crippen molar-refractivity contribution < 1.29 is 14.3 Å². The van der Waals surface area contributed by atoms with Crippen molar-refractivity contribution in [3.05, 3.63) is 69.5 Å². The van der Waals surface area contributed by atoms with Crippen molar-refractivity contribution in [1.29, 1.82) is 0 Å². The number of rotatable bonds is 6. The molecule has 0 fully saturated rings. The Morgan fingerprint density at radius 2 is 1.86 bits per heavy atom. The lowest BCUT2D eigenvalue weighted by Gasteiger charge is -2.23. The van der Waals surface area contributed by atoms with Crippen LogP contribution >= 0.6 is 11.6 Å². The number of ether oxygens (including phenoxy) is 2. The largest absolute Gasteiger partial charge is 0.466 e. The van der Waals surface area contributed by atoms with Gasteiger partial charge in [-0.3, -0.25) is 9.59 Å². The molecule has 3 rings (SSSR count). The molecule has 6 nitrogen and oxygen atoms in total. The molecular formula is C21H21ClN2O4. The van der Waals surface area contributed by atoms with Crippen molar-refractivity contribution in [3.8, 4) is 5.75 Å². The van der Waals surface area contributed by atoms with Gasteiger partial charge in [-0.2, -0.15) is 0 Å². The highest BCUT2D eigenvalue weighted by molar-refractivity contribution is 6.36. The van der Waals surface area contributed by atoms with Crippen LogP contribution in [0, 0.1) is 0 Å². The number of anilines is 1. The molecule has 1 amide bonds. The molecule has 7 heteroatoms. The van der Waals surface area contributed by atoms with E-state index in [9.17, 15) is 9.59 Å². The highest BCUT2D eigenvalue weighted by atomic mass is 35.5. The molecule has 146 valence electrons. The van der Waals surface area contributed by atoms with Crippen LogP contribution in [0.2, 0.25) is 5.02 Å². The predicted octanol–water partition coefficient (Wildman–Crippen LogP) is 3.84. The van der Waals surface area contributed by atoms with Gasteiger partial charge in [-0.15, -0.1) is 0 Å². The average Bonchev–Trinajstić information content (AvgIpc) is 2.71. The van der Waals surface area contributed by atoms with Crippen molar-refractivity contribution >= 4 is 34.1 Å². The smallest absolute Gasteiger partial charge is 0.267 e. The third-order valence-corrected chi connectivity index (χ3v) is 4.80. The first-order valence-electron chi connectivity index (χ1n) is 8.81. The maximum absolute atomic E-state index is 13.4. The minimum absolute atomic E-state index is 0.0779. The molecule has 0 atom stereocenters. The van der Waals surface area contributed by atoms with Gasteiger partial charge in [0.15, 0.2) is 12.5 Å². The molecule has 0 aliphatic rings. The standard InChI is InChI=1S/C21H21ClN2O4/c1-4-24(14-9-6-5-7-10-14)21(26)18-19(28-13-27-3)17-15(22)11-8-12-16(17)23(2)20(18)25/h5-12H,4,13H2,1-3H3. The molecule has 0 aliphatic carbocycles. The third kappa shape index (κ3) is 3.48. The van der Waals surface area contributed by atoms with Crippen molar-refractivity contribution in [3.63, 3.8) is 0 Å². The maximum Gasteiger partial charge on any atom is 0.267 e. The Kier molecular flexibility index (Phi) is 6.02. The van der Waals surface area contributed by atoms with Gasteiger partial charge in [0, 0.05) is 26.4 Å². The van der Waals surface area contributed by atoms with Crippen LogP contribution in [0.5, 0.6) is 5.75 Å². The molecule has 1 aromatic heterocycles. The lowest BCUT2D eigenvalue weighted by atomic mass is 10.1. The monoisotopic (exact) mass is 400 g/mol. The van der Waals surface area contributed by atoms with Gasteiger partial charge in [-0.05, 0) is 31.2 Å². The Morgan fingerprint density at radius 3 is 2.50 bits per heavy atom. The predicted molar refractivity (Wildman–Crippen MR) is 110 cm³/mol. The Morgan fingerprint density at radius 1 is 1.14 bits per heavy atom. The summed E-state index contributed by atoms with van der Waals surface area (Å²) >= 11 is 6.41. The number of aryl methyl sites for hydroxylation is 1. The fraction of sp³-hybridized carbons (Fsp3) is 0.238. The number of nitrogens with zero attached hydrogens (tertiary/aromatic N) is 2. The van der Waals surface area contributed by atoms with E-state index in [0.29, 0.717) is 28.2 Å². The number of carbonyl (C=O) groups is 1. The second-order valence-electron chi connectivity index (χ2n) is 6.14. The Labute approximate surface area is 167 Å².